The van der Waals surface area contributed by atoms with Gasteiger partial charge >= 0.3 is 0 Å². The number of quaternary nitrogens is 1. The van der Waals surface area contributed by atoms with E-state index in [1.165, 1.54) is 0 Å². The second-order valence-electron chi connectivity index (χ2n) is 4.24. The van der Waals surface area contributed by atoms with Crippen molar-refractivity contribution in [3.8, 4) is 0 Å². The Hall–Kier alpha value is -1.26. The van der Waals surface area contributed by atoms with Crippen LogP contribution in [0.25, 0.3) is 0 Å². The van der Waals surface area contributed by atoms with Gasteiger partial charge in [0, 0.05) is 0 Å². The van der Waals surface area contributed by atoms with Crippen molar-refractivity contribution in [2.75, 3.05) is 37.6 Å². The number of aliphatic carboxylic acids is 1. The lowest BCUT2D eigenvalue weighted by Crippen LogP contribution is -3.16. The van der Waals surface area contributed by atoms with Crippen molar-refractivity contribution in [1.29, 1.82) is 0 Å². The molecule has 4 nitrogen and oxygen atoms in total. The Morgan fingerprint density at radius 1 is 1.35 bits per heavy atom. The van der Waals surface area contributed by atoms with Gasteiger partial charge < -0.3 is 19.7 Å². The van der Waals surface area contributed by atoms with Crippen LogP contribution in [0.2, 0.25) is 5.02 Å². The van der Waals surface area contributed by atoms with Crippen molar-refractivity contribution in [2.24, 2.45) is 0 Å². The molecule has 0 unspecified atom stereocenters. The Morgan fingerprint density at radius 3 is 2.59 bits per heavy atom. The van der Waals surface area contributed by atoms with E-state index in [-0.39, 0.29) is 6.54 Å². The summed E-state index contributed by atoms with van der Waals surface area (Å²) in [6.07, 6.45) is 0. The van der Waals surface area contributed by atoms with Crippen molar-refractivity contribution in [3.63, 3.8) is 0 Å². The van der Waals surface area contributed by atoms with Crippen LogP contribution in [-0.2, 0) is 4.79 Å². The second-order valence-corrected chi connectivity index (χ2v) is 4.64. The van der Waals surface area contributed by atoms with Gasteiger partial charge in [-0.15, -0.1) is 0 Å². The summed E-state index contributed by atoms with van der Waals surface area (Å²) in [5.74, 6) is -0.980. The number of carboxylic acid groups (broad SMARTS) is 1. The molecule has 1 heterocycles. The van der Waals surface area contributed by atoms with E-state index in [4.69, 9.17) is 11.6 Å². The Morgan fingerprint density at radius 2 is 2.00 bits per heavy atom. The van der Waals surface area contributed by atoms with E-state index < -0.39 is 5.97 Å². The number of anilines is 1. The molecule has 0 aliphatic carbocycles. The van der Waals surface area contributed by atoms with E-state index >= 15 is 0 Å². The number of hydrogen-bond acceptors (Lipinski definition) is 3. The Kier molecular flexibility index (Phi) is 3.86. The molecule has 92 valence electrons. The van der Waals surface area contributed by atoms with Gasteiger partial charge in [-0.05, 0) is 12.1 Å². The van der Waals surface area contributed by atoms with Crippen molar-refractivity contribution in [3.05, 3.63) is 29.3 Å². The molecule has 0 bridgehead atoms. The second kappa shape index (κ2) is 5.38. The quantitative estimate of drug-likeness (QED) is 0.737. The predicted octanol–water partition coefficient (Wildman–Crippen LogP) is -1.21. The fourth-order valence-electron chi connectivity index (χ4n) is 2.15. The van der Waals surface area contributed by atoms with Crippen molar-refractivity contribution in [2.45, 2.75) is 0 Å². The third-order valence-electron chi connectivity index (χ3n) is 3.06. The Balaban J connectivity index is 1.95. The first kappa shape index (κ1) is 12.2. The zero-order chi connectivity index (χ0) is 12.3. The van der Waals surface area contributed by atoms with Crippen LogP contribution in [-0.4, -0.2) is 38.7 Å². The van der Waals surface area contributed by atoms with Crippen LogP contribution in [0.1, 0.15) is 0 Å². The predicted molar refractivity (Wildman–Crippen MR) is 64.2 cm³/mol. The molecule has 0 radical (unpaired) electrons. The van der Waals surface area contributed by atoms with E-state index in [0.717, 1.165) is 41.8 Å². The SMILES string of the molecule is O=C([O-])C[NH+]1CCN(c2ccccc2Cl)CC1. The first-order valence-corrected chi connectivity index (χ1v) is 6.07. The molecule has 17 heavy (non-hydrogen) atoms. The average molecular weight is 255 g/mol. The van der Waals surface area contributed by atoms with E-state index in [1.807, 2.05) is 24.3 Å². The number of rotatable bonds is 3. The van der Waals surface area contributed by atoms with Gasteiger partial charge in [-0.3, -0.25) is 0 Å². The molecule has 0 saturated carbocycles. The molecular weight excluding hydrogens is 240 g/mol. The fraction of sp³-hybridized carbons (Fsp3) is 0.417. The summed E-state index contributed by atoms with van der Waals surface area (Å²) in [7, 11) is 0. The lowest BCUT2D eigenvalue weighted by Gasteiger charge is -2.34. The van der Waals surface area contributed by atoms with Gasteiger partial charge in [0.05, 0.1) is 42.9 Å². The Bertz CT molecular complexity index is 403. The van der Waals surface area contributed by atoms with Crippen LogP contribution in [0.4, 0.5) is 5.69 Å². The van der Waals surface area contributed by atoms with Gasteiger partial charge in [0.25, 0.3) is 0 Å². The monoisotopic (exact) mass is 254 g/mol. The van der Waals surface area contributed by atoms with Crippen LogP contribution >= 0.6 is 11.6 Å². The smallest absolute Gasteiger partial charge is 0.117 e. The number of piperazine rings is 1. The van der Waals surface area contributed by atoms with Crippen LogP contribution in [0, 0.1) is 0 Å². The molecule has 1 N–H and O–H groups in total. The number of carboxylic acids is 1. The van der Waals surface area contributed by atoms with Gasteiger partial charge in [-0.25, -0.2) is 0 Å². The molecule has 1 aliphatic rings. The van der Waals surface area contributed by atoms with Gasteiger partial charge in [0.2, 0.25) is 0 Å². The molecule has 1 fully saturated rings. The maximum Gasteiger partial charge on any atom is 0.117 e. The highest BCUT2D eigenvalue weighted by Gasteiger charge is 2.21. The van der Waals surface area contributed by atoms with Gasteiger partial charge in [-0.1, -0.05) is 23.7 Å². The van der Waals surface area contributed by atoms with E-state index in [0.29, 0.717) is 0 Å². The highest BCUT2D eigenvalue weighted by atomic mass is 35.5. The van der Waals surface area contributed by atoms with Gasteiger partial charge in [0.1, 0.15) is 6.54 Å². The van der Waals surface area contributed by atoms with Gasteiger partial charge in [-0.2, -0.15) is 0 Å². The molecule has 0 aromatic heterocycles. The summed E-state index contributed by atoms with van der Waals surface area (Å²) >= 11 is 6.13. The number of para-hydroxylation sites is 1. The van der Waals surface area contributed by atoms with Crippen molar-refractivity contribution < 1.29 is 14.8 Å². The minimum atomic E-state index is -0.980. The maximum atomic E-state index is 10.5. The summed E-state index contributed by atoms with van der Waals surface area (Å²) in [5.41, 5.74) is 1.03. The zero-order valence-corrected chi connectivity index (χ0v) is 10.2. The number of nitrogens with one attached hydrogen (secondary N) is 1. The fourth-order valence-corrected chi connectivity index (χ4v) is 2.41. The summed E-state index contributed by atoms with van der Waals surface area (Å²) in [4.78, 5) is 13.8. The number of benzene rings is 1. The highest BCUT2D eigenvalue weighted by molar-refractivity contribution is 6.33. The normalized spacial score (nSPS) is 17.1. The van der Waals surface area contributed by atoms with E-state index in [2.05, 4.69) is 4.90 Å². The first-order chi connectivity index (χ1) is 8.16. The molecule has 5 heteroatoms. The van der Waals surface area contributed by atoms with Crippen LogP contribution in [0.5, 0.6) is 0 Å². The third-order valence-corrected chi connectivity index (χ3v) is 3.38. The molecule has 1 saturated heterocycles. The third kappa shape index (κ3) is 3.11. The Labute approximate surface area is 105 Å². The topological polar surface area (TPSA) is 47.8 Å². The number of hydrogen-bond donors (Lipinski definition) is 1. The lowest BCUT2D eigenvalue weighted by atomic mass is 10.2. The molecule has 1 aliphatic heterocycles. The maximum absolute atomic E-state index is 10.5. The summed E-state index contributed by atoms with van der Waals surface area (Å²) in [6, 6.07) is 7.73. The summed E-state index contributed by atoms with van der Waals surface area (Å²) < 4.78 is 0. The number of carbonyl (C=O) groups is 1. The van der Waals surface area contributed by atoms with Crippen molar-refractivity contribution >= 4 is 23.3 Å². The largest absolute Gasteiger partial charge is 0.544 e. The van der Waals surface area contributed by atoms with Crippen molar-refractivity contribution in [1.82, 2.24) is 0 Å². The molecule has 0 spiro atoms. The minimum Gasteiger partial charge on any atom is -0.544 e. The van der Waals surface area contributed by atoms with Crippen LogP contribution in [0.15, 0.2) is 24.3 Å². The van der Waals surface area contributed by atoms with Gasteiger partial charge in [0.15, 0.2) is 0 Å². The molecule has 1 aromatic carbocycles. The molecule has 0 atom stereocenters. The number of carbonyl (C=O) groups excluding carboxylic acids is 1. The average Bonchev–Trinajstić information content (AvgIpc) is 2.30. The summed E-state index contributed by atoms with van der Waals surface area (Å²) in [5, 5.41) is 11.3. The first-order valence-electron chi connectivity index (χ1n) is 5.69. The zero-order valence-electron chi connectivity index (χ0n) is 9.49. The minimum absolute atomic E-state index is 0.0936. The molecule has 0 amide bonds. The lowest BCUT2D eigenvalue weighted by molar-refractivity contribution is -0.894. The number of nitrogens with zero attached hydrogens (tertiary/aromatic N) is 1. The molecular formula is C12H15ClN2O2. The standard InChI is InChI=1S/C12H15ClN2O2/c13-10-3-1-2-4-11(10)15-7-5-14(6-8-15)9-12(16)17/h1-4H,5-9H2,(H,16,17). The van der Waals surface area contributed by atoms with E-state index in [1.54, 1.807) is 0 Å². The van der Waals surface area contributed by atoms with Crippen LogP contribution in [0.3, 0.4) is 0 Å². The summed E-state index contributed by atoms with van der Waals surface area (Å²) in [6.45, 7) is 3.35. The van der Waals surface area contributed by atoms with Crippen LogP contribution < -0.4 is 14.9 Å². The number of halogens is 1. The van der Waals surface area contributed by atoms with E-state index in [9.17, 15) is 9.90 Å². The molecule has 2 rings (SSSR count). The highest BCUT2D eigenvalue weighted by Crippen LogP contribution is 2.24. The molecule has 1 aromatic rings.